The Morgan fingerprint density at radius 3 is 2.91 bits per heavy atom. The number of hydrogen-bond acceptors (Lipinski definition) is 3. The molecule has 126 valence electrons. The molecule has 0 aliphatic carbocycles. The highest BCUT2D eigenvalue weighted by Gasteiger charge is 2.42. The Bertz CT molecular complexity index is 560. The van der Waals surface area contributed by atoms with E-state index in [-0.39, 0.29) is 12.5 Å². The Kier molecular flexibility index (Phi) is 5.02. The van der Waals surface area contributed by atoms with Crippen molar-refractivity contribution in [2.24, 2.45) is 5.41 Å². The fourth-order valence-electron chi connectivity index (χ4n) is 4.21. The third kappa shape index (κ3) is 3.93. The van der Waals surface area contributed by atoms with Gasteiger partial charge in [0.05, 0.1) is 0 Å². The number of piperidine rings is 1. The molecule has 0 unspecified atom stereocenters. The number of methoxy groups -OCH3 is 1. The smallest absolute Gasteiger partial charge is 0.248 e. The van der Waals surface area contributed by atoms with Crippen LogP contribution in [0.1, 0.15) is 30.4 Å². The summed E-state index contributed by atoms with van der Waals surface area (Å²) in [5.41, 5.74) is 3.02. The van der Waals surface area contributed by atoms with Crippen molar-refractivity contribution in [3.05, 3.63) is 35.4 Å². The summed E-state index contributed by atoms with van der Waals surface area (Å²) in [6, 6.07) is 8.80. The molecule has 0 N–H and O–H groups in total. The maximum absolute atomic E-state index is 12.1. The predicted octanol–water partition coefficient (Wildman–Crippen LogP) is 2.46. The fourth-order valence-corrected chi connectivity index (χ4v) is 4.21. The quantitative estimate of drug-likeness (QED) is 0.855. The Morgan fingerprint density at radius 1 is 1.26 bits per heavy atom. The minimum atomic E-state index is 0.139. The third-order valence-corrected chi connectivity index (χ3v) is 5.29. The first kappa shape index (κ1) is 16.5. The second kappa shape index (κ2) is 7.02. The van der Waals surface area contributed by atoms with Gasteiger partial charge in [0.2, 0.25) is 5.91 Å². The molecule has 2 fully saturated rings. The van der Waals surface area contributed by atoms with Gasteiger partial charge in [0.25, 0.3) is 0 Å². The van der Waals surface area contributed by atoms with E-state index in [1.165, 1.54) is 30.5 Å². The van der Waals surface area contributed by atoms with Crippen molar-refractivity contribution in [1.29, 1.82) is 0 Å². The summed E-state index contributed by atoms with van der Waals surface area (Å²) in [6.45, 7) is 7.45. The van der Waals surface area contributed by atoms with Crippen molar-refractivity contribution in [1.82, 2.24) is 9.80 Å². The summed E-state index contributed by atoms with van der Waals surface area (Å²) < 4.78 is 5.00. The van der Waals surface area contributed by atoms with Crippen LogP contribution in [-0.2, 0) is 16.1 Å². The number of carbonyl (C=O) groups is 1. The molecule has 2 saturated heterocycles. The largest absolute Gasteiger partial charge is 0.375 e. The van der Waals surface area contributed by atoms with Gasteiger partial charge in [-0.15, -0.1) is 0 Å². The lowest BCUT2D eigenvalue weighted by Gasteiger charge is -2.40. The van der Waals surface area contributed by atoms with Gasteiger partial charge in [-0.2, -0.15) is 0 Å². The molecule has 1 aromatic rings. The number of aryl methyl sites for hydroxylation is 1. The van der Waals surface area contributed by atoms with Crippen LogP contribution in [0.4, 0.5) is 0 Å². The number of hydrogen-bond donors (Lipinski definition) is 0. The number of amides is 1. The van der Waals surface area contributed by atoms with Gasteiger partial charge in [-0.05, 0) is 38.3 Å². The number of nitrogens with zero attached hydrogens (tertiary/aromatic N) is 2. The Balaban J connectivity index is 1.61. The van der Waals surface area contributed by atoms with Crippen LogP contribution in [0.3, 0.4) is 0 Å². The van der Waals surface area contributed by atoms with E-state index in [4.69, 9.17) is 4.74 Å². The van der Waals surface area contributed by atoms with Crippen molar-refractivity contribution < 1.29 is 9.53 Å². The first-order valence-electron chi connectivity index (χ1n) is 8.65. The van der Waals surface area contributed by atoms with Crippen molar-refractivity contribution in [2.45, 2.75) is 32.7 Å². The molecule has 2 heterocycles. The maximum atomic E-state index is 12.1. The zero-order valence-corrected chi connectivity index (χ0v) is 14.4. The molecule has 0 saturated carbocycles. The summed E-state index contributed by atoms with van der Waals surface area (Å²) in [7, 11) is 1.59. The van der Waals surface area contributed by atoms with E-state index in [1.54, 1.807) is 7.11 Å². The molecule has 1 amide bonds. The molecular formula is C19H28N2O2. The average molecular weight is 316 g/mol. The van der Waals surface area contributed by atoms with E-state index in [0.29, 0.717) is 5.41 Å². The Morgan fingerprint density at radius 2 is 2.13 bits per heavy atom. The van der Waals surface area contributed by atoms with E-state index in [2.05, 4.69) is 36.1 Å². The van der Waals surface area contributed by atoms with Crippen LogP contribution in [0.5, 0.6) is 0 Å². The SMILES string of the molecule is COCC(=O)N1CC[C@@]2(CCCN(Cc3cccc(C)c3)C2)C1. The van der Waals surface area contributed by atoms with Crippen molar-refractivity contribution >= 4 is 5.91 Å². The molecule has 23 heavy (non-hydrogen) atoms. The minimum Gasteiger partial charge on any atom is -0.375 e. The molecule has 0 radical (unpaired) electrons. The molecule has 0 bridgehead atoms. The summed E-state index contributed by atoms with van der Waals surface area (Å²) >= 11 is 0. The molecule has 1 aromatic carbocycles. The van der Waals surface area contributed by atoms with Gasteiger partial charge < -0.3 is 9.64 Å². The lowest BCUT2D eigenvalue weighted by molar-refractivity contribution is -0.134. The van der Waals surface area contributed by atoms with E-state index < -0.39 is 0 Å². The van der Waals surface area contributed by atoms with E-state index in [1.807, 2.05) is 4.90 Å². The van der Waals surface area contributed by atoms with E-state index >= 15 is 0 Å². The number of likely N-dealkylation sites (tertiary alicyclic amines) is 2. The highest BCUT2D eigenvalue weighted by atomic mass is 16.5. The summed E-state index contributed by atoms with van der Waals surface area (Å²) in [6.07, 6.45) is 3.61. The molecule has 3 rings (SSSR count). The number of carbonyl (C=O) groups excluding carboxylic acids is 1. The molecule has 4 nitrogen and oxygen atoms in total. The predicted molar refractivity (Wildman–Crippen MR) is 91.2 cm³/mol. The van der Waals surface area contributed by atoms with Crippen LogP contribution in [0, 0.1) is 12.3 Å². The second-order valence-electron chi connectivity index (χ2n) is 7.30. The van der Waals surface area contributed by atoms with Crippen LogP contribution in [0.25, 0.3) is 0 Å². The zero-order valence-electron chi connectivity index (χ0n) is 14.4. The number of benzene rings is 1. The van der Waals surface area contributed by atoms with Gasteiger partial charge in [0, 0.05) is 38.7 Å². The normalized spacial score (nSPS) is 25.2. The van der Waals surface area contributed by atoms with Crippen LogP contribution in [0.15, 0.2) is 24.3 Å². The molecular weight excluding hydrogens is 288 g/mol. The maximum Gasteiger partial charge on any atom is 0.248 e. The molecule has 2 aliphatic rings. The third-order valence-electron chi connectivity index (χ3n) is 5.29. The van der Waals surface area contributed by atoms with Crippen LogP contribution in [0.2, 0.25) is 0 Å². The lowest BCUT2D eigenvalue weighted by Crippen LogP contribution is -2.45. The number of ether oxygens (including phenoxy) is 1. The van der Waals surface area contributed by atoms with Gasteiger partial charge in [0.1, 0.15) is 6.61 Å². The standard InChI is InChI=1S/C19H28N2O2/c1-16-5-3-6-17(11-16)12-20-9-4-7-19(14-20)8-10-21(15-19)18(22)13-23-2/h3,5-6,11H,4,7-10,12-15H2,1-2H3/t19-/m1/s1. The van der Waals surface area contributed by atoms with E-state index in [9.17, 15) is 4.79 Å². The average Bonchev–Trinajstić information content (AvgIpc) is 2.91. The first-order chi connectivity index (χ1) is 11.1. The van der Waals surface area contributed by atoms with E-state index in [0.717, 1.165) is 32.6 Å². The highest BCUT2D eigenvalue weighted by molar-refractivity contribution is 5.77. The zero-order chi connectivity index (χ0) is 16.3. The van der Waals surface area contributed by atoms with Gasteiger partial charge in [0.15, 0.2) is 0 Å². The summed E-state index contributed by atoms with van der Waals surface area (Å²) in [5.74, 6) is 0.139. The monoisotopic (exact) mass is 316 g/mol. The molecule has 2 aliphatic heterocycles. The van der Waals surface area contributed by atoms with Gasteiger partial charge >= 0.3 is 0 Å². The lowest BCUT2D eigenvalue weighted by atomic mass is 9.79. The van der Waals surface area contributed by atoms with Crippen LogP contribution >= 0.6 is 0 Å². The van der Waals surface area contributed by atoms with Gasteiger partial charge in [-0.25, -0.2) is 0 Å². The topological polar surface area (TPSA) is 32.8 Å². The summed E-state index contributed by atoms with van der Waals surface area (Å²) in [5, 5.41) is 0. The van der Waals surface area contributed by atoms with Gasteiger partial charge in [-0.1, -0.05) is 29.8 Å². The molecule has 0 aromatic heterocycles. The molecule has 4 heteroatoms. The minimum absolute atomic E-state index is 0.139. The Hall–Kier alpha value is -1.39. The molecule has 1 atom stereocenters. The highest BCUT2D eigenvalue weighted by Crippen LogP contribution is 2.39. The van der Waals surface area contributed by atoms with Gasteiger partial charge in [-0.3, -0.25) is 9.69 Å². The van der Waals surface area contributed by atoms with Crippen molar-refractivity contribution in [3.8, 4) is 0 Å². The van der Waals surface area contributed by atoms with Crippen LogP contribution in [-0.4, -0.2) is 55.6 Å². The van der Waals surface area contributed by atoms with Crippen molar-refractivity contribution in [3.63, 3.8) is 0 Å². The number of rotatable bonds is 4. The fraction of sp³-hybridized carbons (Fsp3) is 0.632. The first-order valence-corrected chi connectivity index (χ1v) is 8.65. The Labute approximate surface area is 139 Å². The summed E-state index contributed by atoms with van der Waals surface area (Å²) in [4.78, 5) is 16.6. The molecule has 1 spiro atoms. The van der Waals surface area contributed by atoms with Crippen LogP contribution < -0.4 is 0 Å². The van der Waals surface area contributed by atoms with Crippen molar-refractivity contribution in [2.75, 3.05) is 39.9 Å². The second-order valence-corrected chi connectivity index (χ2v) is 7.30.